The van der Waals surface area contributed by atoms with E-state index in [4.69, 9.17) is 4.74 Å². The summed E-state index contributed by atoms with van der Waals surface area (Å²) >= 11 is 0. The maximum atomic E-state index is 10.2. The molecule has 5 nitrogen and oxygen atoms in total. The van der Waals surface area contributed by atoms with Gasteiger partial charge in [0, 0.05) is 38.3 Å². The number of rotatable bonds is 6. The molecule has 0 saturated carbocycles. The molecule has 1 fully saturated rings. The van der Waals surface area contributed by atoms with Crippen molar-refractivity contribution in [2.45, 2.75) is 20.4 Å². The summed E-state index contributed by atoms with van der Waals surface area (Å²) in [5.74, 6) is 0.649. The number of aromatic hydroxyl groups is 1. The Morgan fingerprint density at radius 1 is 1.08 bits per heavy atom. The van der Waals surface area contributed by atoms with E-state index in [-0.39, 0.29) is 5.75 Å². The fraction of sp³-hybridized carbons (Fsp3) is 0.381. The molecule has 0 spiro atoms. The van der Waals surface area contributed by atoms with Crippen molar-refractivity contribution in [1.29, 1.82) is 0 Å². The van der Waals surface area contributed by atoms with E-state index in [1.54, 1.807) is 12.3 Å². The number of aryl methyl sites for hydroxylation is 1. The zero-order valence-electron chi connectivity index (χ0n) is 15.6. The number of piperazine rings is 1. The summed E-state index contributed by atoms with van der Waals surface area (Å²) in [4.78, 5) is 2.45. The molecule has 0 unspecified atom stereocenters. The lowest BCUT2D eigenvalue weighted by Crippen LogP contribution is -2.43. The molecule has 5 heteroatoms. The predicted molar refractivity (Wildman–Crippen MR) is 105 cm³/mol. The van der Waals surface area contributed by atoms with Crippen molar-refractivity contribution in [2.24, 2.45) is 5.10 Å². The highest BCUT2D eigenvalue weighted by Gasteiger charge is 2.15. The largest absolute Gasteiger partial charge is 0.504 e. The van der Waals surface area contributed by atoms with Gasteiger partial charge in [0.15, 0.2) is 11.5 Å². The van der Waals surface area contributed by atoms with Crippen LogP contribution in [0.25, 0.3) is 0 Å². The lowest BCUT2D eigenvalue weighted by Gasteiger charge is -2.33. The lowest BCUT2D eigenvalue weighted by molar-refractivity contribution is 0.131. The van der Waals surface area contributed by atoms with Gasteiger partial charge in [-0.3, -0.25) is 9.91 Å². The summed E-state index contributed by atoms with van der Waals surface area (Å²) in [5.41, 5.74) is 3.33. The number of phenolic OH excluding ortho intramolecular Hbond substituents is 1. The van der Waals surface area contributed by atoms with Gasteiger partial charge in [0.2, 0.25) is 0 Å². The molecular weight excluding hydrogens is 326 g/mol. The van der Waals surface area contributed by atoms with Gasteiger partial charge in [-0.05, 0) is 31.5 Å². The first kappa shape index (κ1) is 18.3. The Morgan fingerprint density at radius 2 is 1.81 bits per heavy atom. The van der Waals surface area contributed by atoms with Crippen LogP contribution in [0, 0.1) is 6.92 Å². The van der Waals surface area contributed by atoms with E-state index in [1.165, 1.54) is 11.1 Å². The molecule has 26 heavy (non-hydrogen) atoms. The highest BCUT2D eigenvalue weighted by molar-refractivity contribution is 5.84. The maximum Gasteiger partial charge on any atom is 0.166 e. The minimum Gasteiger partial charge on any atom is -0.504 e. The second kappa shape index (κ2) is 8.72. The number of phenols is 1. The van der Waals surface area contributed by atoms with Crippen molar-refractivity contribution in [3.05, 3.63) is 59.2 Å². The number of ether oxygens (including phenoxy) is 1. The van der Waals surface area contributed by atoms with Crippen molar-refractivity contribution in [3.63, 3.8) is 0 Å². The standard InChI is InChI=1S/C21H27N3O2/c1-3-26-20-6-4-5-19(21(20)25)15-22-24-13-11-23(12-14-24)16-18-9-7-17(2)8-10-18/h4-10,15,25H,3,11-14,16H2,1-2H3/b22-15-. The summed E-state index contributed by atoms with van der Waals surface area (Å²) in [6.45, 7) is 9.25. The Hall–Kier alpha value is -2.53. The van der Waals surface area contributed by atoms with Gasteiger partial charge in [0.05, 0.1) is 12.8 Å². The maximum absolute atomic E-state index is 10.2. The SMILES string of the molecule is CCOc1cccc(/C=N\N2CCN(Cc3ccc(C)cc3)CC2)c1O. The highest BCUT2D eigenvalue weighted by Crippen LogP contribution is 2.28. The van der Waals surface area contributed by atoms with E-state index in [2.05, 4.69) is 46.2 Å². The van der Waals surface area contributed by atoms with Gasteiger partial charge in [-0.25, -0.2) is 0 Å². The average molecular weight is 353 g/mol. The molecule has 0 aromatic heterocycles. The van der Waals surface area contributed by atoms with Crippen LogP contribution in [-0.4, -0.2) is 54.0 Å². The van der Waals surface area contributed by atoms with E-state index in [9.17, 15) is 5.11 Å². The van der Waals surface area contributed by atoms with Crippen LogP contribution in [-0.2, 0) is 6.54 Å². The number of hydrogen-bond acceptors (Lipinski definition) is 5. The van der Waals surface area contributed by atoms with E-state index in [0.717, 1.165) is 32.7 Å². The van der Waals surface area contributed by atoms with Crippen molar-refractivity contribution in [2.75, 3.05) is 32.8 Å². The van der Waals surface area contributed by atoms with Gasteiger partial charge in [-0.15, -0.1) is 0 Å². The highest BCUT2D eigenvalue weighted by atomic mass is 16.5. The molecule has 2 aromatic rings. The first-order valence-corrected chi connectivity index (χ1v) is 9.17. The Kier molecular flexibility index (Phi) is 6.12. The number of hydrazone groups is 1. The van der Waals surface area contributed by atoms with Crippen LogP contribution in [0.15, 0.2) is 47.6 Å². The summed E-state index contributed by atoms with van der Waals surface area (Å²) < 4.78 is 5.42. The Bertz CT molecular complexity index is 735. The summed E-state index contributed by atoms with van der Waals surface area (Å²) in [6, 6.07) is 14.2. The third-order valence-corrected chi connectivity index (χ3v) is 4.57. The van der Waals surface area contributed by atoms with E-state index >= 15 is 0 Å². The number of nitrogens with zero attached hydrogens (tertiary/aromatic N) is 3. The second-order valence-corrected chi connectivity index (χ2v) is 6.59. The molecule has 1 heterocycles. The second-order valence-electron chi connectivity index (χ2n) is 6.59. The van der Waals surface area contributed by atoms with Crippen molar-refractivity contribution in [1.82, 2.24) is 9.91 Å². The van der Waals surface area contributed by atoms with Gasteiger partial charge in [0.1, 0.15) is 0 Å². The predicted octanol–water partition coefficient (Wildman–Crippen LogP) is 3.25. The molecule has 0 atom stereocenters. The van der Waals surface area contributed by atoms with Crippen LogP contribution in [0.4, 0.5) is 0 Å². The van der Waals surface area contributed by atoms with Crippen molar-refractivity contribution in [3.8, 4) is 11.5 Å². The van der Waals surface area contributed by atoms with Crippen molar-refractivity contribution < 1.29 is 9.84 Å². The third kappa shape index (κ3) is 4.76. The molecule has 1 aliphatic heterocycles. The van der Waals surface area contributed by atoms with Crippen molar-refractivity contribution >= 4 is 6.21 Å². The third-order valence-electron chi connectivity index (χ3n) is 4.57. The Labute approximate surface area is 155 Å². The molecule has 138 valence electrons. The Balaban J connectivity index is 1.53. The van der Waals surface area contributed by atoms with Gasteiger partial charge < -0.3 is 9.84 Å². The first-order chi connectivity index (χ1) is 12.7. The molecule has 1 N–H and O–H groups in total. The topological polar surface area (TPSA) is 48.3 Å². The van der Waals surface area contributed by atoms with Gasteiger partial charge in [-0.2, -0.15) is 5.10 Å². The minimum atomic E-state index is 0.149. The normalized spacial score (nSPS) is 15.5. The summed E-state index contributed by atoms with van der Waals surface area (Å²) in [5, 5.41) is 16.8. The zero-order valence-corrected chi connectivity index (χ0v) is 15.6. The van der Waals surface area contributed by atoms with Crippen LogP contribution < -0.4 is 4.74 Å². The average Bonchev–Trinajstić information content (AvgIpc) is 2.66. The number of para-hydroxylation sites is 1. The van der Waals surface area contributed by atoms with E-state index in [0.29, 0.717) is 17.9 Å². The smallest absolute Gasteiger partial charge is 0.166 e. The van der Waals surface area contributed by atoms with Crippen LogP contribution in [0.2, 0.25) is 0 Å². The summed E-state index contributed by atoms with van der Waals surface area (Å²) in [6.07, 6.45) is 1.72. The molecular formula is C21H27N3O2. The fourth-order valence-corrected chi connectivity index (χ4v) is 3.02. The zero-order chi connectivity index (χ0) is 18.4. The number of hydrogen-bond donors (Lipinski definition) is 1. The molecule has 0 radical (unpaired) electrons. The van der Waals surface area contributed by atoms with Crippen LogP contribution in [0.3, 0.4) is 0 Å². The van der Waals surface area contributed by atoms with Crippen LogP contribution in [0.5, 0.6) is 11.5 Å². The molecule has 3 rings (SSSR count). The van der Waals surface area contributed by atoms with E-state index < -0.39 is 0 Å². The Morgan fingerprint density at radius 3 is 2.50 bits per heavy atom. The monoisotopic (exact) mass is 353 g/mol. The molecule has 2 aromatic carbocycles. The molecule has 1 saturated heterocycles. The fourth-order valence-electron chi connectivity index (χ4n) is 3.02. The summed E-state index contributed by atoms with van der Waals surface area (Å²) in [7, 11) is 0. The number of benzene rings is 2. The van der Waals surface area contributed by atoms with Crippen LogP contribution in [0.1, 0.15) is 23.6 Å². The first-order valence-electron chi connectivity index (χ1n) is 9.17. The minimum absolute atomic E-state index is 0.149. The molecule has 0 bridgehead atoms. The quantitative estimate of drug-likeness (QED) is 0.810. The molecule has 0 aliphatic carbocycles. The molecule has 0 amide bonds. The van der Waals surface area contributed by atoms with E-state index in [1.807, 2.05) is 19.1 Å². The van der Waals surface area contributed by atoms with Gasteiger partial charge >= 0.3 is 0 Å². The lowest BCUT2D eigenvalue weighted by atomic mass is 10.1. The van der Waals surface area contributed by atoms with Gasteiger partial charge in [-0.1, -0.05) is 35.9 Å². The molecule has 1 aliphatic rings. The van der Waals surface area contributed by atoms with Crippen LogP contribution >= 0.6 is 0 Å². The van der Waals surface area contributed by atoms with Gasteiger partial charge in [0.25, 0.3) is 0 Å².